The van der Waals surface area contributed by atoms with Gasteiger partial charge in [0.25, 0.3) is 0 Å². The van der Waals surface area contributed by atoms with Crippen LogP contribution in [0.2, 0.25) is 36.3 Å². The van der Waals surface area contributed by atoms with Gasteiger partial charge in [0.05, 0.1) is 6.10 Å². The van der Waals surface area contributed by atoms with Crippen LogP contribution in [-0.4, -0.2) is 41.1 Å². The quantitative estimate of drug-likeness (QED) is 0.487. The Labute approximate surface area is 160 Å². The lowest BCUT2D eigenvalue weighted by Crippen LogP contribution is -2.49. The summed E-state index contributed by atoms with van der Waals surface area (Å²) in [6.45, 7) is 28.3. The molecule has 5 heteroatoms. The third-order valence-corrected chi connectivity index (χ3v) is 15.4. The molecule has 0 aliphatic rings. The van der Waals surface area contributed by atoms with Crippen molar-refractivity contribution in [1.82, 2.24) is 0 Å². The molecule has 0 aliphatic carbocycles. The molecule has 0 aromatic carbocycles. The summed E-state index contributed by atoms with van der Waals surface area (Å²) in [6.07, 6.45) is 0.918. The average molecular weight is 391 g/mol. The van der Waals surface area contributed by atoms with Crippen molar-refractivity contribution in [2.24, 2.45) is 11.8 Å². The number of aliphatic hydroxyl groups excluding tert-OH is 1. The zero-order chi connectivity index (χ0) is 20.3. The number of hydrogen-bond acceptors (Lipinski definition) is 3. The third kappa shape index (κ3) is 7.45. The Hall–Kier alpha value is 0.314. The van der Waals surface area contributed by atoms with Crippen molar-refractivity contribution in [2.75, 3.05) is 13.2 Å². The Morgan fingerprint density at radius 3 is 1.60 bits per heavy atom. The summed E-state index contributed by atoms with van der Waals surface area (Å²) in [5.41, 5.74) is 0. The first-order valence-electron chi connectivity index (χ1n) is 9.89. The van der Waals surface area contributed by atoms with Crippen LogP contribution in [0, 0.1) is 11.8 Å². The molecule has 0 aromatic rings. The molecule has 25 heavy (non-hydrogen) atoms. The van der Waals surface area contributed by atoms with Crippen LogP contribution in [-0.2, 0) is 8.85 Å². The molecule has 0 aromatic heterocycles. The van der Waals surface area contributed by atoms with Gasteiger partial charge in [-0.1, -0.05) is 55.4 Å². The predicted molar refractivity (Wildman–Crippen MR) is 115 cm³/mol. The average Bonchev–Trinajstić information content (AvgIpc) is 2.40. The van der Waals surface area contributed by atoms with E-state index in [-0.39, 0.29) is 22.8 Å². The maximum Gasteiger partial charge on any atom is 0.192 e. The van der Waals surface area contributed by atoms with Crippen LogP contribution in [0.1, 0.15) is 61.8 Å². The largest absolute Gasteiger partial charge is 0.416 e. The first-order chi connectivity index (χ1) is 11.0. The molecule has 0 saturated heterocycles. The summed E-state index contributed by atoms with van der Waals surface area (Å²) in [7, 11) is -3.62. The van der Waals surface area contributed by atoms with Gasteiger partial charge < -0.3 is 14.0 Å². The molecule has 0 radical (unpaired) electrons. The van der Waals surface area contributed by atoms with Crippen LogP contribution in [0.15, 0.2) is 0 Å². The van der Waals surface area contributed by atoms with Crippen LogP contribution in [0.4, 0.5) is 0 Å². The second-order valence-electron chi connectivity index (χ2n) is 10.9. The minimum Gasteiger partial charge on any atom is -0.416 e. The Morgan fingerprint density at radius 2 is 1.24 bits per heavy atom. The monoisotopic (exact) mass is 390 g/mol. The van der Waals surface area contributed by atoms with Crippen LogP contribution in [0.3, 0.4) is 0 Å². The molecule has 0 heterocycles. The van der Waals surface area contributed by atoms with Gasteiger partial charge >= 0.3 is 0 Å². The van der Waals surface area contributed by atoms with Gasteiger partial charge in [0.2, 0.25) is 0 Å². The number of aliphatic hydroxyl groups is 1. The fourth-order valence-corrected chi connectivity index (χ4v) is 4.94. The van der Waals surface area contributed by atoms with Gasteiger partial charge in [-0.15, -0.1) is 0 Å². The minimum absolute atomic E-state index is 0.137. The maximum absolute atomic E-state index is 9.42. The molecular formula is C20H46O3Si2. The molecule has 0 amide bonds. The van der Waals surface area contributed by atoms with Gasteiger partial charge in [-0.05, 0) is 48.6 Å². The molecule has 0 spiro atoms. The van der Waals surface area contributed by atoms with Crippen LogP contribution >= 0.6 is 0 Å². The molecule has 0 unspecified atom stereocenters. The van der Waals surface area contributed by atoms with Gasteiger partial charge in [0.15, 0.2) is 16.6 Å². The standard InChI is InChI=1S/C20H46O3Si2/c1-16(13-14-21)18(23-25(11,12)20(6,7)8)17(2)15-22-24(9,10)19(3,4)5/h16-18,21H,13-15H2,1-12H3/t16-,17+,18-/m0/s1. The second-order valence-corrected chi connectivity index (χ2v) is 20.4. The highest BCUT2D eigenvalue weighted by Crippen LogP contribution is 2.40. The minimum atomic E-state index is -1.86. The van der Waals surface area contributed by atoms with Gasteiger partial charge in [-0.25, -0.2) is 0 Å². The Kier molecular flexibility index (Phi) is 9.12. The van der Waals surface area contributed by atoms with Crippen LogP contribution < -0.4 is 0 Å². The highest BCUT2D eigenvalue weighted by molar-refractivity contribution is 6.74. The molecule has 3 atom stereocenters. The molecule has 0 saturated carbocycles. The summed E-state index contributed by atoms with van der Waals surface area (Å²) in [5.74, 6) is 0.655. The lowest BCUT2D eigenvalue weighted by molar-refractivity contribution is 0.0392. The van der Waals surface area contributed by atoms with Crippen molar-refractivity contribution >= 4 is 16.6 Å². The van der Waals surface area contributed by atoms with E-state index in [2.05, 4.69) is 81.6 Å². The van der Waals surface area contributed by atoms with Crippen molar-refractivity contribution in [3.63, 3.8) is 0 Å². The topological polar surface area (TPSA) is 38.7 Å². The van der Waals surface area contributed by atoms with Gasteiger partial charge in [-0.2, -0.15) is 0 Å². The summed E-state index contributed by atoms with van der Waals surface area (Å²) in [4.78, 5) is 0. The fraction of sp³-hybridized carbons (Fsp3) is 1.00. The normalized spacial score (nSPS) is 18.1. The predicted octanol–water partition coefficient (Wildman–Crippen LogP) is 6.05. The summed E-state index contributed by atoms with van der Waals surface area (Å²) in [5, 5.41) is 9.83. The first kappa shape index (κ1) is 25.3. The SMILES string of the molecule is C[C@H](CO[Si](C)(C)C(C)(C)C)[C@@H](O[Si](C)(C)C(C)(C)C)[C@@H](C)CCO. The van der Waals surface area contributed by atoms with Crippen molar-refractivity contribution < 1.29 is 14.0 Å². The van der Waals surface area contributed by atoms with Gasteiger partial charge in [-0.3, -0.25) is 0 Å². The molecular weight excluding hydrogens is 344 g/mol. The lowest BCUT2D eigenvalue weighted by Gasteiger charge is -2.44. The van der Waals surface area contributed by atoms with Gasteiger partial charge in [0, 0.05) is 19.1 Å². The zero-order valence-corrected chi connectivity index (χ0v) is 21.1. The molecule has 0 bridgehead atoms. The van der Waals surface area contributed by atoms with E-state index in [1.165, 1.54) is 0 Å². The summed E-state index contributed by atoms with van der Waals surface area (Å²) >= 11 is 0. The Bertz CT molecular complexity index is 395. The smallest absolute Gasteiger partial charge is 0.192 e. The molecule has 0 aliphatic heterocycles. The summed E-state index contributed by atoms with van der Waals surface area (Å²) in [6, 6.07) is 0. The highest BCUT2D eigenvalue weighted by Gasteiger charge is 2.42. The van der Waals surface area contributed by atoms with E-state index in [1.807, 2.05) is 0 Å². The summed E-state index contributed by atoms with van der Waals surface area (Å²) < 4.78 is 13.3. The Morgan fingerprint density at radius 1 is 0.800 bits per heavy atom. The Balaban J connectivity index is 5.23. The first-order valence-corrected chi connectivity index (χ1v) is 15.7. The van der Waals surface area contributed by atoms with E-state index in [0.29, 0.717) is 11.8 Å². The molecule has 152 valence electrons. The van der Waals surface area contributed by atoms with Crippen LogP contribution in [0.5, 0.6) is 0 Å². The van der Waals surface area contributed by atoms with Gasteiger partial charge in [0.1, 0.15) is 0 Å². The maximum atomic E-state index is 9.42. The van der Waals surface area contributed by atoms with E-state index in [0.717, 1.165) is 13.0 Å². The zero-order valence-electron chi connectivity index (χ0n) is 19.1. The number of rotatable bonds is 9. The highest BCUT2D eigenvalue weighted by atomic mass is 28.4. The van der Waals surface area contributed by atoms with Crippen LogP contribution in [0.25, 0.3) is 0 Å². The second kappa shape index (κ2) is 9.00. The fourth-order valence-electron chi connectivity index (χ4n) is 2.33. The van der Waals surface area contributed by atoms with E-state index in [9.17, 15) is 5.11 Å². The van der Waals surface area contributed by atoms with E-state index < -0.39 is 16.6 Å². The third-order valence-electron chi connectivity index (χ3n) is 6.46. The van der Waals surface area contributed by atoms with Crippen molar-refractivity contribution in [2.45, 2.75) is 104 Å². The molecule has 0 fully saturated rings. The van der Waals surface area contributed by atoms with E-state index in [1.54, 1.807) is 0 Å². The molecule has 0 rings (SSSR count). The van der Waals surface area contributed by atoms with Crippen molar-refractivity contribution in [3.8, 4) is 0 Å². The lowest BCUT2D eigenvalue weighted by atomic mass is 9.92. The molecule has 3 nitrogen and oxygen atoms in total. The van der Waals surface area contributed by atoms with E-state index >= 15 is 0 Å². The van der Waals surface area contributed by atoms with Crippen molar-refractivity contribution in [1.29, 1.82) is 0 Å². The number of hydrogen-bond donors (Lipinski definition) is 1. The van der Waals surface area contributed by atoms with E-state index in [4.69, 9.17) is 8.85 Å². The molecule has 1 N–H and O–H groups in total. The van der Waals surface area contributed by atoms with Crippen molar-refractivity contribution in [3.05, 3.63) is 0 Å².